The standard InChI is InChI=1S/C18H20N2O/c21-18(20-13-11-15-8-3-4-12-19-15)17-10-5-7-14-6-1-2-9-16(14)17/h1-4,6,8-9,12,17H,5,7,10-11,13H2,(H,20,21)/t17-/m1/s1. The second-order valence-electron chi connectivity index (χ2n) is 5.51. The minimum absolute atomic E-state index is 0.0127. The number of pyridine rings is 1. The number of aromatic nitrogens is 1. The zero-order valence-electron chi connectivity index (χ0n) is 12.1. The SMILES string of the molecule is O=C(NCCc1ccccn1)[C@@H]1CCCc2ccccc21. The molecule has 1 aliphatic carbocycles. The fraction of sp³-hybridized carbons (Fsp3) is 0.333. The van der Waals surface area contributed by atoms with Crippen LogP contribution in [0.2, 0.25) is 0 Å². The fourth-order valence-corrected chi connectivity index (χ4v) is 3.01. The van der Waals surface area contributed by atoms with E-state index in [1.54, 1.807) is 6.20 Å². The summed E-state index contributed by atoms with van der Waals surface area (Å²) in [5.74, 6) is 0.164. The highest BCUT2D eigenvalue weighted by Gasteiger charge is 2.25. The molecule has 108 valence electrons. The number of aryl methyl sites for hydroxylation is 1. The van der Waals surface area contributed by atoms with Crippen LogP contribution in [0.3, 0.4) is 0 Å². The molecule has 2 aromatic rings. The van der Waals surface area contributed by atoms with Gasteiger partial charge < -0.3 is 5.32 Å². The Morgan fingerprint density at radius 3 is 2.90 bits per heavy atom. The zero-order valence-corrected chi connectivity index (χ0v) is 12.1. The number of benzene rings is 1. The van der Waals surface area contributed by atoms with E-state index >= 15 is 0 Å². The van der Waals surface area contributed by atoms with Crippen LogP contribution in [0.1, 0.15) is 35.6 Å². The van der Waals surface area contributed by atoms with E-state index in [2.05, 4.69) is 28.5 Å². The van der Waals surface area contributed by atoms with Gasteiger partial charge in [0.05, 0.1) is 5.92 Å². The number of carbonyl (C=O) groups is 1. The molecule has 0 aliphatic heterocycles. The molecule has 0 saturated heterocycles. The third-order valence-corrected chi connectivity index (χ3v) is 4.09. The van der Waals surface area contributed by atoms with Crippen molar-refractivity contribution in [3.63, 3.8) is 0 Å². The Morgan fingerprint density at radius 2 is 2.05 bits per heavy atom. The van der Waals surface area contributed by atoms with Crippen molar-refractivity contribution in [2.75, 3.05) is 6.54 Å². The second-order valence-corrected chi connectivity index (χ2v) is 5.51. The Balaban J connectivity index is 1.59. The van der Waals surface area contributed by atoms with Crippen molar-refractivity contribution in [2.45, 2.75) is 31.6 Å². The molecule has 0 fully saturated rings. The lowest BCUT2D eigenvalue weighted by molar-refractivity contribution is -0.122. The van der Waals surface area contributed by atoms with Crippen LogP contribution in [0.25, 0.3) is 0 Å². The molecule has 1 aromatic carbocycles. The highest BCUT2D eigenvalue weighted by Crippen LogP contribution is 2.31. The van der Waals surface area contributed by atoms with E-state index in [0.29, 0.717) is 6.54 Å². The molecule has 0 saturated carbocycles. The van der Waals surface area contributed by atoms with Crippen molar-refractivity contribution < 1.29 is 4.79 Å². The van der Waals surface area contributed by atoms with Gasteiger partial charge in [-0.2, -0.15) is 0 Å². The molecule has 0 radical (unpaired) electrons. The molecule has 0 unspecified atom stereocenters. The average molecular weight is 280 g/mol. The summed E-state index contributed by atoms with van der Waals surface area (Å²) < 4.78 is 0. The number of rotatable bonds is 4. The topological polar surface area (TPSA) is 42.0 Å². The monoisotopic (exact) mass is 280 g/mol. The van der Waals surface area contributed by atoms with Crippen molar-refractivity contribution >= 4 is 5.91 Å². The predicted molar refractivity (Wildman–Crippen MR) is 83.1 cm³/mol. The lowest BCUT2D eigenvalue weighted by Gasteiger charge is -2.24. The molecule has 3 heteroatoms. The van der Waals surface area contributed by atoms with Crippen molar-refractivity contribution in [3.8, 4) is 0 Å². The number of carbonyl (C=O) groups excluding carboxylic acids is 1. The number of amides is 1. The molecule has 1 N–H and O–H groups in total. The quantitative estimate of drug-likeness (QED) is 0.935. The van der Waals surface area contributed by atoms with Gasteiger partial charge in [0, 0.05) is 24.9 Å². The van der Waals surface area contributed by atoms with E-state index in [4.69, 9.17) is 0 Å². The summed E-state index contributed by atoms with van der Waals surface area (Å²) in [5, 5.41) is 3.06. The van der Waals surface area contributed by atoms with Gasteiger partial charge in [-0.25, -0.2) is 0 Å². The minimum atomic E-state index is 0.0127. The van der Waals surface area contributed by atoms with Crippen molar-refractivity contribution in [3.05, 3.63) is 65.5 Å². The first-order valence-electron chi connectivity index (χ1n) is 7.60. The molecular weight excluding hydrogens is 260 g/mol. The molecule has 0 bridgehead atoms. The lowest BCUT2D eigenvalue weighted by atomic mass is 9.82. The Hall–Kier alpha value is -2.16. The van der Waals surface area contributed by atoms with Crippen molar-refractivity contribution in [2.24, 2.45) is 0 Å². The average Bonchev–Trinajstić information content (AvgIpc) is 2.55. The van der Waals surface area contributed by atoms with Gasteiger partial charge in [-0.1, -0.05) is 30.3 Å². The summed E-state index contributed by atoms with van der Waals surface area (Å²) in [7, 11) is 0. The number of nitrogens with zero attached hydrogens (tertiary/aromatic N) is 1. The molecule has 21 heavy (non-hydrogen) atoms. The van der Waals surface area contributed by atoms with Gasteiger partial charge in [0.2, 0.25) is 5.91 Å². The smallest absolute Gasteiger partial charge is 0.227 e. The maximum atomic E-state index is 12.4. The third-order valence-electron chi connectivity index (χ3n) is 4.09. The van der Waals surface area contributed by atoms with Crippen LogP contribution in [-0.2, 0) is 17.6 Å². The Morgan fingerprint density at radius 1 is 1.19 bits per heavy atom. The first kappa shape index (κ1) is 13.8. The van der Waals surface area contributed by atoms with Crippen LogP contribution >= 0.6 is 0 Å². The van der Waals surface area contributed by atoms with Crippen molar-refractivity contribution in [1.29, 1.82) is 0 Å². The first-order chi connectivity index (χ1) is 10.3. The van der Waals surface area contributed by atoms with E-state index < -0.39 is 0 Å². The summed E-state index contributed by atoms with van der Waals surface area (Å²) in [4.78, 5) is 16.7. The number of hydrogen-bond donors (Lipinski definition) is 1. The van der Waals surface area contributed by atoms with E-state index in [1.165, 1.54) is 11.1 Å². The largest absolute Gasteiger partial charge is 0.355 e. The summed E-state index contributed by atoms with van der Waals surface area (Å²) >= 11 is 0. The summed E-state index contributed by atoms with van der Waals surface area (Å²) in [5.41, 5.74) is 3.55. The van der Waals surface area contributed by atoms with Gasteiger partial charge in [0.25, 0.3) is 0 Å². The van der Waals surface area contributed by atoms with Gasteiger partial charge >= 0.3 is 0 Å². The lowest BCUT2D eigenvalue weighted by Crippen LogP contribution is -2.32. The van der Waals surface area contributed by atoms with Gasteiger partial charge in [-0.05, 0) is 42.5 Å². The summed E-state index contributed by atoms with van der Waals surface area (Å²) in [6.45, 7) is 0.647. The molecule has 1 amide bonds. The van der Waals surface area contributed by atoms with Gasteiger partial charge in [-0.3, -0.25) is 9.78 Å². The maximum absolute atomic E-state index is 12.4. The molecule has 3 rings (SSSR count). The Kier molecular flexibility index (Phi) is 4.29. The van der Waals surface area contributed by atoms with Crippen LogP contribution < -0.4 is 5.32 Å². The molecule has 1 atom stereocenters. The second kappa shape index (κ2) is 6.53. The molecule has 1 heterocycles. The summed E-state index contributed by atoms with van der Waals surface area (Å²) in [6, 6.07) is 14.2. The Bertz CT molecular complexity index is 610. The van der Waals surface area contributed by atoms with Gasteiger partial charge in [0.15, 0.2) is 0 Å². The number of hydrogen-bond acceptors (Lipinski definition) is 2. The maximum Gasteiger partial charge on any atom is 0.227 e. The summed E-state index contributed by atoms with van der Waals surface area (Å²) in [6.07, 6.45) is 5.70. The number of nitrogens with one attached hydrogen (secondary N) is 1. The predicted octanol–water partition coefficient (Wildman–Crippen LogP) is 2.86. The van der Waals surface area contributed by atoms with Crippen LogP contribution in [0.15, 0.2) is 48.7 Å². The van der Waals surface area contributed by atoms with Crippen LogP contribution in [0, 0.1) is 0 Å². The fourth-order valence-electron chi connectivity index (χ4n) is 3.01. The minimum Gasteiger partial charge on any atom is -0.355 e. The van der Waals surface area contributed by atoms with Crippen molar-refractivity contribution in [1.82, 2.24) is 10.3 Å². The number of fused-ring (bicyclic) bond motifs is 1. The zero-order chi connectivity index (χ0) is 14.5. The van der Waals surface area contributed by atoms with Crippen LogP contribution in [-0.4, -0.2) is 17.4 Å². The molecule has 1 aromatic heterocycles. The van der Waals surface area contributed by atoms with Crippen LogP contribution in [0.5, 0.6) is 0 Å². The van der Waals surface area contributed by atoms with Crippen LogP contribution in [0.4, 0.5) is 0 Å². The van der Waals surface area contributed by atoms with E-state index in [9.17, 15) is 4.79 Å². The first-order valence-corrected chi connectivity index (χ1v) is 7.60. The highest BCUT2D eigenvalue weighted by molar-refractivity contribution is 5.84. The van der Waals surface area contributed by atoms with E-state index in [-0.39, 0.29) is 11.8 Å². The highest BCUT2D eigenvalue weighted by atomic mass is 16.1. The molecule has 0 spiro atoms. The van der Waals surface area contributed by atoms with Gasteiger partial charge in [0.1, 0.15) is 0 Å². The van der Waals surface area contributed by atoms with E-state index in [0.717, 1.165) is 31.4 Å². The molecular formula is C18H20N2O. The molecule has 1 aliphatic rings. The molecule has 3 nitrogen and oxygen atoms in total. The third kappa shape index (κ3) is 3.30. The van der Waals surface area contributed by atoms with Gasteiger partial charge in [-0.15, -0.1) is 0 Å². The normalized spacial score (nSPS) is 17.0. The van der Waals surface area contributed by atoms with E-state index in [1.807, 2.05) is 24.3 Å². The Labute approximate surface area is 125 Å².